The molecule has 10 heteroatoms. The molecule has 0 spiro atoms. The van der Waals surface area contributed by atoms with Crippen molar-refractivity contribution in [2.24, 2.45) is 11.8 Å². The Hall–Kier alpha value is -2.52. The Kier molecular flexibility index (Phi) is 8.77. The van der Waals surface area contributed by atoms with E-state index in [-0.39, 0.29) is 35.8 Å². The van der Waals surface area contributed by atoms with Crippen molar-refractivity contribution in [3.63, 3.8) is 0 Å². The molecule has 4 fully saturated rings. The quantitative estimate of drug-likeness (QED) is 0.569. The third-order valence-electron chi connectivity index (χ3n) is 6.34. The Labute approximate surface area is 215 Å². The molecule has 0 aromatic heterocycles. The van der Waals surface area contributed by atoms with Gasteiger partial charge in [-0.15, -0.1) is 0 Å². The van der Waals surface area contributed by atoms with E-state index in [1.165, 1.54) is 0 Å². The molecule has 204 valence electrons. The van der Waals surface area contributed by atoms with Crippen molar-refractivity contribution < 1.29 is 28.7 Å². The largest absolute Gasteiger partial charge is 0.444 e. The number of carbonyl (C=O) groups is 4. The summed E-state index contributed by atoms with van der Waals surface area (Å²) < 4.78 is 10.6. The summed E-state index contributed by atoms with van der Waals surface area (Å²) in [6.45, 7) is 16.0. The molecule has 36 heavy (non-hydrogen) atoms. The molecule has 4 amide bonds. The number of nitrogens with zero attached hydrogens (tertiary/aromatic N) is 4. The first kappa shape index (κ1) is 28.1. The summed E-state index contributed by atoms with van der Waals surface area (Å²) in [5, 5.41) is 0. The van der Waals surface area contributed by atoms with E-state index in [1.54, 1.807) is 9.80 Å². The lowest BCUT2D eigenvalue weighted by Gasteiger charge is -2.35. The maximum absolute atomic E-state index is 11.9. The van der Waals surface area contributed by atoms with Gasteiger partial charge in [-0.25, -0.2) is 9.59 Å². The van der Waals surface area contributed by atoms with E-state index >= 15 is 0 Å². The lowest BCUT2D eigenvalue weighted by molar-refractivity contribution is -0.135. The Morgan fingerprint density at radius 2 is 0.750 bits per heavy atom. The van der Waals surface area contributed by atoms with Crippen LogP contribution in [0.1, 0.15) is 67.2 Å². The number of amides is 4. The molecule has 2 aliphatic heterocycles. The monoisotopic (exact) mass is 508 g/mol. The maximum atomic E-state index is 11.9. The Balaban J connectivity index is 0.000000201. The van der Waals surface area contributed by atoms with Crippen molar-refractivity contribution in [1.82, 2.24) is 19.6 Å². The number of rotatable bonds is 2. The highest BCUT2D eigenvalue weighted by Gasteiger charge is 2.37. The second-order valence-electron chi connectivity index (χ2n) is 12.1. The highest BCUT2D eigenvalue weighted by atomic mass is 16.6. The lowest BCUT2D eigenvalue weighted by Crippen LogP contribution is -2.52. The second kappa shape index (κ2) is 11.3. The Morgan fingerprint density at radius 3 is 0.972 bits per heavy atom. The molecular formula is C26H44N4O6. The van der Waals surface area contributed by atoms with Crippen molar-refractivity contribution in [3.8, 4) is 0 Å². The minimum atomic E-state index is -0.460. The summed E-state index contributed by atoms with van der Waals surface area (Å²) in [4.78, 5) is 54.5. The molecule has 0 unspecified atom stereocenters. The van der Waals surface area contributed by atoms with E-state index < -0.39 is 11.2 Å². The molecule has 0 N–H and O–H groups in total. The predicted octanol–water partition coefficient (Wildman–Crippen LogP) is 2.95. The van der Waals surface area contributed by atoms with Crippen molar-refractivity contribution in [1.29, 1.82) is 0 Å². The smallest absolute Gasteiger partial charge is 0.410 e. The van der Waals surface area contributed by atoms with E-state index in [0.717, 1.165) is 25.7 Å². The van der Waals surface area contributed by atoms with Crippen LogP contribution in [-0.2, 0) is 19.1 Å². The summed E-state index contributed by atoms with van der Waals surface area (Å²) in [6, 6.07) is 0. The van der Waals surface area contributed by atoms with Gasteiger partial charge in [0.05, 0.1) is 0 Å². The molecule has 2 saturated heterocycles. The zero-order chi connectivity index (χ0) is 26.7. The first-order valence-corrected chi connectivity index (χ1v) is 13.3. The van der Waals surface area contributed by atoms with Gasteiger partial charge in [-0.1, -0.05) is 0 Å². The van der Waals surface area contributed by atoms with Crippen LogP contribution in [0.5, 0.6) is 0 Å². The van der Waals surface area contributed by atoms with Gasteiger partial charge in [0, 0.05) is 64.2 Å². The van der Waals surface area contributed by atoms with Gasteiger partial charge in [0.1, 0.15) is 11.2 Å². The number of piperazine rings is 2. The third-order valence-corrected chi connectivity index (χ3v) is 6.34. The molecule has 0 aromatic carbocycles. The standard InChI is InChI=1S/2C13H22N2O3/c2*1-13(2,3)18-12(17)15-8-6-14(7-9-15)11(16)10-4-5-10/h2*10H,4-9H2,1-3H3. The normalized spacial score (nSPS) is 20.8. The molecule has 2 aliphatic carbocycles. The molecule has 0 aromatic rings. The molecular weight excluding hydrogens is 464 g/mol. The highest BCUT2D eigenvalue weighted by molar-refractivity contribution is 5.82. The molecule has 0 atom stereocenters. The van der Waals surface area contributed by atoms with Crippen molar-refractivity contribution >= 4 is 24.0 Å². The zero-order valence-electron chi connectivity index (χ0n) is 22.9. The van der Waals surface area contributed by atoms with E-state index in [9.17, 15) is 19.2 Å². The summed E-state index contributed by atoms with van der Waals surface area (Å²) in [5.74, 6) is 1.05. The van der Waals surface area contributed by atoms with E-state index in [2.05, 4.69) is 0 Å². The molecule has 10 nitrogen and oxygen atoms in total. The van der Waals surface area contributed by atoms with Crippen molar-refractivity contribution in [2.45, 2.75) is 78.4 Å². The number of carbonyl (C=O) groups excluding carboxylic acids is 4. The zero-order valence-corrected chi connectivity index (χ0v) is 22.9. The van der Waals surface area contributed by atoms with Crippen LogP contribution in [-0.4, -0.2) is 107 Å². The third kappa shape index (κ3) is 8.85. The van der Waals surface area contributed by atoms with Gasteiger partial charge >= 0.3 is 12.2 Å². The fraction of sp³-hybridized carbons (Fsp3) is 0.846. The fourth-order valence-electron chi connectivity index (χ4n) is 4.05. The topological polar surface area (TPSA) is 99.7 Å². The average molecular weight is 509 g/mol. The van der Waals surface area contributed by atoms with E-state index in [1.807, 2.05) is 51.3 Å². The van der Waals surface area contributed by atoms with Crippen LogP contribution in [0.2, 0.25) is 0 Å². The SMILES string of the molecule is CC(C)(C)OC(=O)N1CCN(C(=O)C2CC2)CC1.CC(C)(C)OC(=O)N1CCN(C(=O)C2CC2)CC1. The minimum absolute atomic E-state index is 0.262. The predicted molar refractivity (Wildman–Crippen MR) is 134 cm³/mol. The number of ether oxygens (including phenoxy) is 2. The van der Waals surface area contributed by atoms with Gasteiger partial charge in [0.2, 0.25) is 11.8 Å². The fourth-order valence-corrected chi connectivity index (χ4v) is 4.05. The Bertz CT molecular complexity index is 741. The van der Waals surface area contributed by atoms with Gasteiger partial charge < -0.3 is 29.1 Å². The molecule has 2 saturated carbocycles. The van der Waals surface area contributed by atoms with Crippen LogP contribution in [0.25, 0.3) is 0 Å². The van der Waals surface area contributed by atoms with Crippen LogP contribution < -0.4 is 0 Å². The van der Waals surface area contributed by atoms with Crippen LogP contribution in [0.4, 0.5) is 9.59 Å². The minimum Gasteiger partial charge on any atom is -0.444 e. The van der Waals surface area contributed by atoms with Crippen molar-refractivity contribution in [3.05, 3.63) is 0 Å². The van der Waals surface area contributed by atoms with Crippen molar-refractivity contribution in [2.75, 3.05) is 52.4 Å². The highest BCUT2D eigenvalue weighted by Crippen LogP contribution is 2.32. The first-order chi connectivity index (χ1) is 16.7. The summed E-state index contributed by atoms with van der Waals surface area (Å²) in [6.07, 6.45) is 3.58. The van der Waals surface area contributed by atoms with Crippen LogP contribution in [0, 0.1) is 11.8 Å². The van der Waals surface area contributed by atoms with Crippen LogP contribution in [0.15, 0.2) is 0 Å². The Morgan fingerprint density at radius 1 is 0.500 bits per heavy atom. The van der Waals surface area contributed by atoms with E-state index in [4.69, 9.17) is 9.47 Å². The number of hydrogen-bond acceptors (Lipinski definition) is 6. The summed E-state index contributed by atoms with van der Waals surface area (Å²) >= 11 is 0. The van der Waals surface area contributed by atoms with Gasteiger partial charge in [-0.05, 0) is 67.2 Å². The van der Waals surface area contributed by atoms with Gasteiger partial charge in [0.15, 0.2) is 0 Å². The maximum Gasteiger partial charge on any atom is 0.410 e. The number of hydrogen-bond donors (Lipinski definition) is 0. The lowest BCUT2D eigenvalue weighted by atomic mass is 10.2. The molecule has 4 rings (SSSR count). The van der Waals surface area contributed by atoms with E-state index in [0.29, 0.717) is 52.4 Å². The summed E-state index contributed by atoms with van der Waals surface area (Å²) in [7, 11) is 0. The summed E-state index contributed by atoms with van der Waals surface area (Å²) in [5.41, 5.74) is -0.921. The molecule has 0 bridgehead atoms. The van der Waals surface area contributed by atoms with Gasteiger partial charge in [0.25, 0.3) is 0 Å². The molecule has 0 radical (unpaired) electrons. The van der Waals surface area contributed by atoms with Crippen LogP contribution >= 0.6 is 0 Å². The second-order valence-corrected chi connectivity index (χ2v) is 12.1. The first-order valence-electron chi connectivity index (χ1n) is 13.3. The van der Waals surface area contributed by atoms with Gasteiger partial charge in [-0.3, -0.25) is 9.59 Å². The molecule has 4 aliphatic rings. The average Bonchev–Trinajstić information content (AvgIpc) is 3.69. The molecule has 2 heterocycles. The van der Waals surface area contributed by atoms with Gasteiger partial charge in [-0.2, -0.15) is 0 Å². The van der Waals surface area contributed by atoms with Crippen LogP contribution in [0.3, 0.4) is 0 Å².